The summed E-state index contributed by atoms with van der Waals surface area (Å²) in [5, 5.41) is 9.73. The van der Waals surface area contributed by atoms with Crippen LogP contribution in [0.15, 0.2) is 36.5 Å². The number of likely N-dealkylation sites (N-methyl/N-ethyl adjacent to an activating group) is 1. The average Bonchev–Trinajstić information content (AvgIpc) is 2.79. The SMILES string of the molecule is COc1ccc(C#Cc2cnc3c(c2)C(=O)N([C@@H](C)CO)C[C@@H](C)[C@@H](CN(C)C)O3)cc1. The van der Waals surface area contributed by atoms with Crippen molar-refractivity contribution in [3.05, 3.63) is 53.2 Å². The Bertz CT molecular complexity index is 994. The van der Waals surface area contributed by atoms with E-state index in [9.17, 15) is 9.90 Å². The highest BCUT2D eigenvalue weighted by atomic mass is 16.5. The molecule has 7 nitrogen and oxygen atoms in total. The predicted molar refractivity (Wildman–Crippen MR) is 123 cm³/mol. The van der Waals surface area contributed by atoms with E-state index < -0.39 is 0 Å². The van der Waals surface area contributed by atoms with Crippen LogP contribution >= 0.6 is 0 Å². The molecule has 0 saturated carbocycles. The van der Waals surface area contributed by atoms with Crippen LogP contribution in [0.5, 0.6) is 11.6 Å². The lowest BCUT2D eigenvalue weighted by Crippen LogP contribution is -2.49. The van der Waals surface area contributed by atoms with Gasteiger partial charge in [-0.05, 0) is 51.4 Å². The number of ether oxygens (including phenoxy) is 2. The van der Waals surface area contributed by atoms with Crippen LogP contribution in [-0.2, 0) is 0 Å². The van der Waals surface area contributed by atoms with Gasteiger partial charge >= 0.3 is 0 Å². The lowest BCUT2D eigenvalue weighted by molar-refractivity contribution is 0.0348. The number of benzene rings is 1. The molecule has 0 radical (unpaired) electrons. The number of amides is 1. The van der Waals surface area contributed by atoms with Gasteiger partial charge in [-0.15, -0.1) is 0 Å². The zero-order valence-electron chi connectivity index (χ0n) is 19.3. The molecule has 170 valence electrons. The maximum atomic E-state index is 13.4. The van der Waals surface area contributed by atoms with Gasteiger partial charge in [0, 0.05) is 36.3 Å². The molecule has 2 heterocycles. The number of hydrogen-bond acceptors (Lipinski definition) is 6. The number of rotatable bonds is 5. The lowest BCUT2D eigenvalue weighted by Gasteiger charge is -2.37. The van der Waals surface area contributed by atoms with Crippen LogP contribution in [0.2, 0.25) is 0 Å². The van der Waals surface area contributed by atoms with Crippen LogP contribution in [0.25, 0.3) is 0 Å². The van der Waals surface area contributed by atoms with Crippen LogP contribution in [0.3, 0.4) is 0 Å². The molecule has 0 saturated heterocycles. The number of fused-ring (bicyclic) bond motifs is 1. The third-order valence-corrected chi connectivity index (χ3v) is 5.51. The van der Waals surface area contributed by atoms with Gasteiger partial charge in [0.2, 0.25) is 5.88 Å². The molecular formula is C25H31N3O4. The first-order chi connectivity index (χ1) is 15.3. The average molecular weight is 438 g/mol. The zero-order valence-corrected chi connectivity index (χ0v) is 19.3. The molecule has 32 heavy (non-hydrogen) atoms. The Morgan fingerprint density at radius 2 is 1.97 bits per heavy atom. The smallest absolute Gasteiger partial charge is 0.259 e. The normalized spacial score (nSPS) is 19.2. The van der Waals surface area contributed by atoms with E-state index in [-0.39, 0.29) is 30.6 Å². The summed E-state index contributed by atoms with van der Waals surface area (Å²) in [6.45, 7) is 4.96. The Kier molecular flexibility index (Phi) is 7.73. The number of aliphatic hydroxyl groups is 1. The second-order valence-electron chi connectivity index (χ2n) is 8.44. The van der Waals surface area contributed by atoms with Crippen LogP contribution in [0.4, 0.5) is 0 Å². The van der Waals surface area contributed by atoms with Crippen molar-refractivity contribution in [2.45, 2.75) is 26.0 Å². The van der Waals surface area contributed by atoms with E-state index in [4.69, 9.17) is 9.47 Å². The standard InChI is InChI=1S/C25H31N3O4/c1-17-14-28(18(2)16-29)25(30)22-12-20(7-6-19-8-10-21(31-5)11-9-19)13-26-24(22)32-23(17)15-27(3)4/h8-13,17-18,23,29H,14-16H2,1-5H3/t17-,18+,23-/m1/s1. The molecular weight excluding hydrogens is 406 g/mol. The molecule has 1 aliphatic rings. The minimum Gasteiger partial charge on any atom is -0.497 e. The highest BCUT2D eigenvalue weighted by Crippen LogP contribution is 2.27. The lowest BCUT2D eigenvalue weighted by atomic mass is 10.00. The summed E-state index contributed by atoms with van der Waals surface area (Å²) in [5.41, 5.74) is 1.81. The summed E-state index contributed by atoms with van der Waals surface area (Å²) in [6.07, 6.45) is 1.48. The van der Waals surface area contributed by atoms with Gasteiger partial charge < -0.3 is 24.4 Å². The Morgan fingerprint density at radius 3 is 2.59 bits per heavy atom. The number of aromatic nitrogens is 1. The minimum atomic E-state index is -0.315. The fraction of sp³-hybridized carbons (Fsp3) is 0.440. The van der Waals surface area contributed by atoms with Crippen molar-refractivity contribution in [1.82, 2.24) is 14.8 Å². The summed E-state index contributed by atoms with van der Waals surface area (Å²) in [7, 11) is 5.59. The molecule has 1 amide bonds. The maximum absolute atomic E-state index is 13.4. The van der Waals surface area contributed by atoms with Gasteiger partial charge in [0.1, 0.15) is 17.4 Å². The second kappa shape index (κ2) is 10.5. The number of methoxy groups -OCH3 is 1. The third-order valence-electron chi connectivity index (χ3n) is 5.51. The Morgan fingerprint density at radius 1 is 1.28 bits per heavy atom. The number of carbonyl (C=O) groups excluding carboxylic acids is 1. The molecule has 0 aliphatic carbocycles. The molecule has 7 heteroatoms. The second-order valence-corrected chi connectivity index (χ2v) is 8.44. The molecule has 1 aliphatic heterocycles. The summed E-state index contributed by atoms with van der Waals surface area (Å²) < 4.78 is 11.4. The number of aliphatic hydroxyl groups excluding tert-OH is 1. The number of pyridine rings is 1. The van der Waals surface area contributed by atoms with Crippen molar-refractivity contribution in [1.29, 1.82) is 0 Å². The van der Waals surface area contributed by atoms with Gasteiger partial charge in [0.05, 0.1) is 19.8 Å². The molecule has 2 aromatic rings. The van der Waals surface area contributed by atoms with E-state index in [0.29, 0.717) is 30.1 Å². The van der Waals surface area contributed by atoms with Gasteiger partial charge in [0.15, 0.2) is 0 Å². The Balaban J connectivity index is 1.97. The first kappa shape index (κ1) is 23.6. The first-order valence-corrected chi connectivity index (χ1v) is 10.7. The molecule has 3 atom stereocenters. The van der Waals surface area contributed by atoms with E-state index in [2.05, 4.69) is 28.6 Å². The molecule has 0 unspecified atom stereocenters. The highest BCUT2D eigenvalue weighted by molar-refractivity contribution is 5.97. The van der Waals surface area contributed by atoms with Crippen molar-refractivity contribution in [3.63, 3.8) is 0 Å². The quantitative estimate of drug-likeness (QED) is 0.724. The van der Waals surface area contributed by atoms with Crippen molar-refractivity contribution < 1.29 is 19.4 Å². The molecule has 1 aromatic heterocycles. The zero-order chi connectivity index (χ0) is 23.3. The van der Waals surface area contributed by atoms with Gasteiger partial charge in [-0.2, -0.15) is 0 Å². The van der Waals surface area contributed by atoms with Crippen molar-refractivity contribution >= 4 is 5.91 Å². The highest BCUT2D eigenvalue weighted by Gasteiger charge is 2.33. The molecule has 0 fully saturated rings. The number of nitrogens with zero attached hydrogens (tertiary/aromatic N) is 3. The maximum Gasteiger partial charge on any atom is 0.259 e. The summed E-state index contributed by atoms with van der Waals surface area (Å²) in [4.78, 5) is 21.6. The minimum absolute atomic E-state index is 0.0693. The van der Waals surface area contributed by atoms with Crippen LogP contribution < -0.4 is 9.47 Å². The van der Waals surface area contributed by atoms with Gasteiger partial charge in [-0.1, -0.05) is 18.8 Å². The fourth-order valence-corrected chi connectivity index (χ4v) is 3.57. The van der Waals surface area contributed by atoms with Crippen molar-refractivity contribution in [3.8, 4) is 23.5 Å². The van der Waals surface area contributed by atoms with E-state index >= 15 is 0 Å². The first-order valence-electron chi connectivity index (χ1n) is 10.7. The molecule has 0 bridgehead atoms. The topological polar surface area (TPSA) is 75.1 Å². The predicted octanol–water partition coefficient (Wildman–Crippen LogP) is 2.27. The van der Waals surface area contributed by atoms with Gasteiger partial charge in [-0.25, -0.2) is 4.98 Å². The molecule has 1 aromatic carbocycles. The number of carbonyl (C=O) groups is 1. The van der Waals surface area contributed by atoms with E-state index in [1.54, 1.807) is 24.3 Å². The van der Waals surface area contributed by atoms with Crippen LogP contribution in [0, 0.1) is 17.8 Å². The Labute approximate surface area is 190 Å². The van der Waals surface area contributed by atoms with Crippen molar-refractivity contribution in [2.24, 2.45) is 5.92 Å². The van der Waals surface area contributed by atoms with Gasteiger partial charge in [-0.3, -0.25) is 4.79 Å². The molecule has 1 N–H and O–H groups in total. The van der Waals surface area contributed by atoms with Crippen LogP contribution in [-0.4, -0.2) is 78.8 Å². The summed E-state index contributed by atoms with van der Waals surface area (Å²) in [5.74, 6) is 7.10. The van der Waals surface area contributed by atoms with E-state index in [0.717, 1.165) is 11.3 Å². The van der Waals surface area contributed by atoms with Crippen LogP contribution in [0.1, 0.15) is 35.3 Å². The third kappa shape index (κ3) is 5.58. The molecule has 3 rings (SSSR count). The fourth-order valence-electron chi connectivity index (χ4n) is 3.57. The Hall–Kier alpha value is -3.08. The summed E-state index contributed by atoms with van der Waals surface area (Å²) >= 11 is 0. The van der Waals surface area contributed by atoms with Gasteiger partial charge in [0.25, 0.3) is 5.91 Å². The van der Waals surface area contributed by atoms with E-state index in [1.165, 1.54) is 0 Å². The summed E-state index contributed by atoms with van der Waals surface area (Å²) in [6, 6.07) is 8.85. The number of hydrogen-bond donors (Lipinski definition) is 1. The largest absolute Gasteiger partial charge is 0.497 e. The molecule has 0 spiro atoms. The van der Waals surface area contributed by atoms with E-state index in [1.807, 2.05) is 45.3 Å². The monoisotopic (exact) mass is 437 g/mol. The van der Waals surface area contributed by atoms with Crippen molar-refractivity contribution in [2.75, 3.05) is 40.9 Å².